The van der Waals surface area contributed by atoms with E-state index in [1.807, 2.05) is 0 Å². The molecule has 2 rings (SSSR count). The molecule has 104 valence electrons. The number of benzene rings is 1. The molecule has 0 saturated heterocycles. The van der Waals surface area contributed by atoms with Crippen LogP contribution in [0.4, 0.5) is 0 Å². The SMILES string of the molecule is COc1ccc(C(=O)OOC2CCCCC2C)cc1. The van der Waals surface area contributed by atoms with Crippen molar-refractivity contribution in [2.45, 2.75) is 38.7 Å². The van der Waals surface area contributed by atoms with E-state index in [9.17, 15) is 4.79 Å². The van der Waals surface area contributed by atoms with Gasteiger partial charge in [0.2, 0.25) is 0 Å². The summed E-state index contributed by atoms with van der Waals surface area (Å²) >= 11 is 0. The third kappa shape index (κ3) is 3.70. The molecule has 1 aliphatic carbocycles. The standard InChI is InChI=1S/C15H20O4/c1-11-5-3-4-6-14(11)18-19-15(16)12-7-9-13(17-2)10-8-12/h7-11,14H,3-6H2,1-2H3. The van der Waals surface area contributed by atoms with E-state index in [1.165, 1.54) is 6.42 Å². The molecular weight excluding hydrogens is 244 g/mol. The van der Waals surface area contributed by atoms with Crippen molar-refractivity contribution >= 4 is 5.97 Å². The summed E-state index contributed by atoms with van der Waals surface area (Å²) < 4.78 is 5.03. The predicted molar refractivity (Wildman–Crippen MR) is 70.9 cm³/mol. The molecule has 0 aromatic heterocycles. The summed E-state index contributed by atoms with van der Waals surface area (Å²) in [6, 6.07) is 6.77. The van der Waals surface area contributed by atoms with Crippen LogP contribution in [-0.4, -0.2) is 19.2 Å². The number of hydrogen-bond acceptors (Lipinski definition) is 4. The Bertz CT molecular complexity index is 413. The normalized spacial score (nSPS) is 22.8. The monoisotopic (exact) mass is 264 g/mol. The maximum atomic E-state index is 11.8. The molecule has 1 aliphatic rings. The number of methoxy groups -OCH3 is 1. The van der Waals surface area contributed by atoms with Gasteiger partial charge < -0.3 is 4.74 Å². The Morgan fingerprint density at radius 2 is 1.84 bits per heavy atom. The molecule has 1 saturated carbocycles. The van der Waals surface area contributed by atoms with Crippen LogP contribution >= 0.6 is 0 Å². The molecule has 2 unspecified atom stereocenters. The zero-order valence-corrected chi connectivity index (χ0v) is 11.4. The van der Waals surface area contributed by atoms with Gasteiger partial charge in [-0.25, -0.2) is 4.79 Å². The Labute approximate surface area is 113 Å². The van der Waals surface area contributed by atoms with Gasteiger partial charge in [0.15, 0.2) is 0 Å². The third-order valence-electron chi connectivity index (χ3n) is 3.61. The molecule has 19 heavy (non-hydrogen) atoms. The van der Waals surface area contributed by atoms with E-state index in [2.05, 4.69) is 6.92 Å². The van der Waals surface area contributed by atoms with E-state index < -0.39 is 5.97 Å². The summed E-state index contributed by atoms with van der Waals surface area (Å²) in [5, 5.41) is 0. The summed E-state index contributed by atoms with van der Waals surface area (Å²) in [5.74, 6) is 0.691. The molecule has 0 amide bonds. The molecule has 0 spiro atoms. The second-order valence-electron chi connectivity index (χ2n) is 5.00. The Kier molecular flexibility index (Phi) is 4.80. The maximum Gasteiger partial charge on any atom is 0.373 e. The lowest BCUT2D eigenvalue weighted by molar-refractivity contribution is -0.289. The number of ether oxygens (including phenoxy) is 1. The fourth-order valence-corrected chi connectivity index (χ4v) is 2.31. The molecule has 2 atom stereocenters. The Morgan fingerprint density at radius 3 is 2.47 bits per heavy atom. The summed E-state index contributed by atoms with van der Waals surface area (Å²) in [4.78, 5) is 22.0. The Morgan fingerprint density at radius 1 is 1.16 bits per heavy atom. The van der Waals surface area contributed by atoms with E-state index in [0.717, 1.165) is 19.3 Å². The van der Waals surface area contributed by atoms with Crippen LogP contribution in [0.5, 0.6) is 5.75 Å². The largest absolute Gasteiger partial charge is 0.497 e. The second-order valence-corrected chi connectivity index (χ2v) is 5.00. The Balaban J connectivity index is 1.86. The number of carbonyl (C=O) groups excluding carboxylic acids is 1. The van der Waals surface area contributed by atoms with E-state index in [1.54, 1.807) is 31.4 Å². The fourth-order valence-electron chi connectivity index (χ4n) is 2.31. The lowest BCUT2D eigenvalue weighted by Crippen LogP contribution is -2.26. The number of rotatable bonds is 4. The van der Waals surface area contributed by atoms with Crippen LogP contribution in [-0.2, 0) is 9.78 Å². The lowest BCUT2D eigenvalue weighted by Gasteiger charge is -2.26. The molecule has 0 bridgehead atoms. The van der Waals surface area contributed by atoms with Crippen molar-refractivity contribution in [1.29, 1.82) is 0 Å². The van der Waals surface area contributed by atoms with Crippen molar-refractivity contribution in [3.63, 3.8) is 0 Å². The van der Waals surface area contributed by atoms with Gasteiger partial charge in [-0.1, -0.05) is 19.8 Å². The minimum absolute atomic E-state index is 0.0240. The van der Waals surface area contributed by atoms with Gasteiger partial charge in [-0.2, -0.15) is 4.89 Å². The molecule has 1 aromatic rings. The zero-order chi connectivity index (χ0) is 13.7. The highest BCUT2D eigenvalue weighted by Crippen LogP contribution is 2.26. The van der Waals surface area contributed by atoms with E-state index in [-0.39, 0.29) is 6.10 Å². The molecule has 4 nitrogen and oxygen atoms in total. The number of hydrogen-bond donors (Lipinski definition) is 0. The molecule has 1 fully saturated rings. The van der Waals surface area contributed by atoms with Crippen molar-refractivity contribution in [2.24, 2.45) is 5.92 Å². The van der Waals surface area contributed by atoms with Crippen LogP contribution in [0.3, 0.4) is 0 Å². The van der Waals surface area contributed by atoms with Gasteiger partial charge >= 0.3 is 5.97 Å². The first-order valence-corrected chi connectivity index (χ1v) is 6.72. The maximum absolute atomic E-state index is 11.8. The summed E-state index contributed by atoms with van der Waals surface area (Å²) in [7, 11) is 1.58. The molecular formula is C15H20O4. The first-order valence-electron chi connectivity index (χ1n) is 6.72. The highest BCUT2D eigenvalue weighted by Gasteiger charge is 2.24. The average molecular weight is 264 g/mol. The van der Waals surface area contributed by atoms with Crippen LogP contribution in [0, 0.1) is 5.92 Å². The quantitative estimate of drug-likeness (QED) is 0.618. The van der Waals surface area contributed by atoms with E-state index >= 15 is 0 Å². The minimum Gasteiger partial charge on any atom is -0.497 e. The van der Waals surface area contributed by atoms with Crippen molar-refractivity contribution < 1.29 is 19.3 Å². The highest BCUT2D eigenvalue weighted by atomic mass is 17.2. The third-order valence-corrected chi connectivity index (χ3v) is 3.61. The highest BCUT2D eigenvalue weighted by molar-refractivity contribution is 5.89. The van der Waals surface area contributed by atoms with Crippen molar-refractivity contribution in [1.82, 2.24) is 0 Å². The molecule has 0 N–H and O–H groups in total. The van der Waals surface area contributed by atoms with Crippen LogP contribution < -0.4 is 4.74 Å². The summed E-state index contributed by atoms with van der Waals surface area (Å²) in [6.45, 7) is 2.13. The van der Waals surface area contributed by atoms with Gasteiger partial charge in [0.05, 0.1) is 12.7 Å². The summed E-state index contributed by atoms with van der Waals surface area (Å²) in [5.41, 5.74) is 0.462. The fraction of sp³-hybridized carbons (Fsp3) is 0.533. The van der Waals surface area contributed by atoms with E-state index in [4.69, 9.17) is 14.5 Å². The second kappa shape index (κ2) is 6.57. The number of carbonyl (C=O) groups is 1. The van der Waals surface area contributed by atoms with Crippen LogP contribution in [0.2, 0.25) is 0 Å². The van der Waals surface area contributed by atoms with Crippen LogP contribution in [0.15, 0.2) is 24.3 Å². The van der Waals surface area contributed by atoms with Gasteiger partial charge in [0.25, 0.3) is 0 Å². The van der Waals surface area contributed by atoms with Gasteiger partial charge in [-0.05, 0) is 43.0 Å². The van der Waals surface area contributed by atoms with Crippen LogP contribution in [0.25, 0.3) is 0 Å². The summed E-state index contributed by atoms with van der Waals surface area (Å²) in [6.07, 6.45) is 4.47. The predicted octanol–water partition coefficient (Wildman–Crippen LogP) is 3.36. The average Bonchev–Trinajstić information content (AvgIpc) is 2.46. The van der Waals surface area contributed by atoms with Crippen molar-refractivity contribution in [2.75, 3.05) is 7.11 Å². The molecule has 1 aromatic carbocycles. The molecule has 4 heteroatoms. The zero-order valence-electron chi connectivity index (χ0n) is 11.4. The van der Waals surface area contributed by atoms with Gasteiger partial charge in [0, 0.05) is 0 Å². The lowest BCUT2D eigenvalue weighted by atomic mass is 9.88. The van der Waals surface area contributed by atoms with E-state index in [0.29, 0.717) is 17.2 Å². The van der Waals surface area contributed by atoms with Crippen molar-refractivity contribution in [3.8, 4) is 5.75 Å². The first kappa shape index (κ1) is 13.9. The molecule has 0 radical (unpaired) electrons. The minimum atomic E-state index is -0.458. The first-order chi connectivity index (χ1) is 9.20. The van der Waals surface area contributed by atoms with Crippen LogP contribution in [0.1, 0.15) is 43.0 Å². The smallest absolute Gasteiger partial charge is 0.373 e. The van der Waals surface area contributed by atoms with Crippen molar-refractivity contribution in [3.05, 3.63) is 29.8 Å². The van der Waals surface area contributed by atoms with Gasteiger partial charge in [-0.3, -0.25) is 4.89 Å². The van der Waals surface area contributed by atoms with Gasteiger partial charge in [-0.15, -0.1) is 0 Å². The Hall–Kier alpha value is -1.55. The topological polar surface area (TPSA) is 44.8 Å². The molecule has 0 aliphatic heterocycles. The molecule has 0 heterocycles. The van der Waals surface area contributed by atoms with Gasteiger partial charge in [0.1, 0.15) is 11.9 Å².